The van der Waals surface area contributed by atoms with Gasteiger partial charge >= 0.3 is 0 Å². The minimum absolute atomic E-state index is 0.283. The second-order valence-electron chi connectivity index (χ2n) is 10.1. The molecule has 0 bridgehead atoms. The van der Waals surface area contributed by atoms with E-state index >= 15 is 0 Å². The molecule has 0 spiro atoms. The number of nitrogens with zero attached hydrogens (tertiary/aromatic N) is 4. The van der Waals surface area contributed by atoms with Crippen LogP contribution in [-0.2, 0) is 0 Å². The number of oxazole rings is 1. The van der Waals surface area contributed by atoms with Gasteiger partial charge in [0.2, 0.25) is 5.89 Å². The molecule has 198 valence electrons. The zero-order valence-electron chi connectivity index (χ0n) is 21.5. The fourth-order valence-electron chi connectivity index (χ4n) is 5.23. The SMILES string of the molecule is O=C(Nc1ccc2oc(-c3cccc4c(Br)cccc34)nc2c1)c1cc(-c2cccnc2)nc2onc(C3CC3)c12. The maximum atomic E-state index is 13.8. The van der Waals surface area contributed by atoms with Gasteiger partial charge in [-0.15, -0.1) is 0 Å². The summed E-state index contributed by atoms with van der Waals surface area (Å²) in [5.41, 5.74) is 5.73. The molecule has 4 heterocycles. The van der Waals surface area contributed by atoms with Crippen LogP contribution in [0, 0.1) is 0 Å². The van der Waals surface area contributed by atoms with Crippen LogP contribution in [0.1, 0.15) is 34.8 Å². The number of nitrogens with one attached hydrogen (secondary N) is 1. The summed E-state index contributed by atoms with van der Waals surface area (Å²) in [5.74, 6) is 0.519. The highest BCUT2D eigenvalue weighted by Gasteiger charge is 2.32. The van der Waals surface area contributed by atoms with Crippen LogP contribution in [0.15, 0.2) is 98.6 Å². The van der Waals surface area contributed by atoms with Gasteiger partial charge < -0.3 is 14.3 Å². The molecule has 4 aromatic heterocycles. The topological polar surface area (TPSA) is 107 Å². The van der Waals surface area contributed by atoms with E-state index in [-0.39, 0.29) is 11.8 Å². The highest BCUT2D eigenvalue weighted by atomic mass is 79.9. The summed E-state index contributed by atoms with van der Waals surface area (Å²) in [4.78, 5) is 27.4. The smallest absolute Gasteiger partial charge is 0.259 e. The third kappa shape index (κ3) is 4.17. The van der Waals surface area contributed by atoms with E-state index < -0.39 is 0 Å². The molecule has 1 saturated carbocycles. The van der Waals surface area contributed by atoms with Crippen molar-refractivity contribution in [2.45, 2.75) is 18.8 Å². The molecule has 0 aliphatic heterocycles. The van der Waals surface area contributed by atoms with E-state index in [0.717, 1.165) is 44.9 Å². The van der Waals surface area contributed by atoms with Crippen LogP contribution in [0.25, 0.3) is 55.7 Å². The Bertz CT molecular complexity index is 2130. The number of pyridine rings is 2. The average molecular weight is 602 g/mol. The summed E-state index contributed by atoms with van der Waals surface area (Å²) in [7, 11) is 0. The molecular formula is C32H20BrN5O3. The first-order chi connectivity index (χ1) is 20.1. The number of amides is 1. The monoisotopic (exact) mass is 601 g/mol. The number of halogens is 1. The summed E-state index contributed by atoms with van der Waals surface area (Å²) < 4.78 is 12.7. The fraction of sp³-hybridized carbons (Fsp3) is 0.0938. The minimum atomic E-state index is -0.283. The van der Waals surface area contributed by atoms with Crippen molar-refractivity contribution >= 4 is 60.5 Å². The second-order valence-corrected chi connectivity index (χ2v) is 11.0. The van der Waals surface area contributed by atoms with Gasteiger partial charge in [0.25, 0.3) is 11.6 Å². The Morgan fingerprint density at radius 2 is 1.83 bits per heavy atom. The normalized spacial score (nSPS) is 13.3. The molecule has 8 nitrogen and oxygen atoms in total. The first kappa shape index (κ1) is 24.0. The van der Waals surface area contributed by atoms with E-state index in [1.54, 1.807) is 18.5 Å². The quantitative estimate of drug-likeness (QED) is 0.212. The maximum absolute atomic E-state index is 13.8. The van der Waals surface area contributed by atoms with Crippen molar-refractivity contribution in [2.24, 2.45) is 0 Å². The summed E-state index contributed by atoms with van der Waals surface area (Å²) in [6.45, 7) is 0. The zero-order chi connectivity index (χ0) is 27.5. The van der Waals surface area contributed by atoms with Crippen LogP contribution < -0.4 is 5.32 Å². The molecule has 3 aromatic carbocycles. The molecule has 1 aliphatic carbocycles. The lowest BCUT2D eigenvalue weighted by atomic mass is 10.0. The molecule has 9 heteroatoms. The third-order valence-corrected chi connectivity index (χ3v) is 8.08. The molecule has 1 amide bonds. The molecule has 0 unspecified atom stereocenters. The molecule has 8 rings (SSSR count). The summed E-state index contributed by atoms with van der Waals surface area (Å²) in [5, 5.41) is 10.1. The third-order valence-electron chi connectivity index (χ3n) is 7.38. The van der Waals surface area contributed by atoms with Gasteiger partial charge in [-0.1, -0.05) is 45.4 Å². The summed E-state index contributed by atoms with van der Waals surface area (Å²) >= 11 is 3.63. The van der Waals surface area contributed by atoms with Gasteiger partial charge in [-0.25, -0.2) is 9.97 Å². The van der Waals surface area contributed by atoms with E-state index in [9.17, 15) is 4.79 Å². The number of rotatable bonds is 5. The molecule has 0 radical (unpaired) electrons. The lowest BCUT2D eigenvalue weighted by molar-refractivity contribution is 0.102. The van der Waals surface area contributed by atoms with E-state index in [1.807, 2.05) is 60.7 Å². The van der Waals surface area contributed by atoms with E-state index in [2.05, 4.69) is 42.4 Å². The van der Waals surface area contributed by atoms with Gasteiger partial charge in [-0.3, -0.25) is 9.78 Å². The highest BCUT2D eigenvalue weighted by Crippen LogP contribution is 2.43. The van der Waals surface area contributed by atoms with Crippen molar-refractivity contribution in [1.29, 1.82) is 0 Å². The Morgan fingerprint density at radius 1 is 0.951 bits per heavy atom. The Kier molecular flexibility index (Phi) is 5.46. The van der Waals surface area contributed by atoms with E-state index in [4.69, 9.17) is 13.9 Å². The fourth-order valence-corrected chi connectivity index (χ4v) is 5.73. The second kappa shape index (κ2) is 9.35. The molecule has 1 N–H and O–H groups in total. The molecule has 0 saturated heterocycles. The first-order valence-electron chi connectivity index (χ1n) is 13.2. The van der Waals surface area contributed by atoms with Crippen molar-refractivity contribution in [3.05, 3.63) is 101 Å². The van der Waals surface area contributed by atoms with Gasteiger partial charge in [-0.05, 0) is 72.1 Å². The molecule has 1 aliphatic rings. The van der Waals surface area contributed by atoms with Crippen LogP contribution in [0.2, 0.25) is 0 Å². The number of anilines is 1. The van der Waals surface area contributed by atoms with Gasteiger partial charge in [0.1, 0.15) is 5.52 Å². The predicted molar refractivity (Wildman–Crippen MR) is 160 cm³/mol. The molecule has 1 fully saturated rings. The first-order valence-corrected chi connectivity index (χ1v) is 14.0. The van der Waals surface area contributed by atoms with Crippen LogP contribution >= 0.6 is 15.9 Å². The van der Waals surface area contributed by atoms with Gasteiger partial charge in [0.05, 0.1) is 22.3 Å². The Balaban J connectivity index is 1.17. The number of aromatic nitrogens is 4. The number of carbonyl (C=O) groups excluding carboxylic acids is 1. The van der Waals surface area contributed by atoms with E-state index in [0.29, 0.717) is 45.0 Å². The minimum Gasteiger partial charge on any atom is -0.436 e. The van der Waals surface area contributed by atoms with Crippen molar-refractivity contribution in [3.63, 3.8) is 0 Å². The van der Waals surface area contributed by atoms with Crippen LogP contribution in [-0.4, -0.2) is 26.0 Å². The number of carbonyl (C=O) groups is 1. The Morgan fingerprint density at radius 3 is 2.68 bits per heavy atom. The number of benzene rings is 3. The predicted octanol–water partition coefficient (Wildman–Crippen LogP) is 8.14. The lowest BCUT2D eigenvalue weighted by Gasteiger charge is -2.09. The average Bonchev–Trinajstić information content (AvgIpc) is 3.61. The van der Waals surface area contributed by atoms with E-state index in [1.165, 1.54) is 0 Å². The van der Waals surface area contributed by atoms with Crippen LogP contribution in [0.4, 0.5) is 5.69 Å². The maximum Gasteiger partial charge on any atom is 0.259 e. The Labute approximate surface area is 241 Å². The van der Waals surface area contributed by atoms with Gasteiger partial charge in [0, 0.05) is 39.6 Å². The summed E-state index contributed by atoms with van der Waals surface area (Å²) in [6.07, 6.45) is 5.44. The standard InChI is InChI=1S/C32H20BrN5O3/c33-24-8-2-5-20-21(24)6-1-7-22(20)31-37-26-14-19(11-12-27(26)40-31)35-30(39)23-15-25(18-4-3-13-34-16-18)36-32-28(23)29(38-41-32)17-9-10-17/h1-8,11-17H,9-10H2,(H,35,39). The van der Waals surface area contributed by atoms with Gasteiger partial charge in [-0.2, -0.15) is 0 Å². The molecule has 41 heavy (non-hydrogen) atoms. The highest BCUT2D eigenvalue weighted by molar-refractivity contribution is 9.10. The number of fused-ring (bicyclic) bond motifs is 3. The van der Waals surface area contributed by atoms with Crippen molar-refractivity contribution in [2.75, 3.05) is 5.32 Å². The summed E-state index contributed by atoms with van der Waals surface area (Å²) in [6, 6.07) is 23.0. The van der Waals surface area contributed by atoms with Crippen molar-refractivity contribution in [3.8, 4) is 22.7 Å². The molecular weight excluding hydrogens is 582 g/mol. The number of hydrogen-bond donors (Lipinski definition) is 1. The van der Waals surface area contributed by atoms with Crippen LogP contribution in [0.3, 0.4) is 0 Å². The lowest BCUT2D eigenvalue weighted by Crippen LogP contribution is -2.13. The van der Waals surface area contributed by atoms with Crippen molar-refractivity contribution < 1.29 is 13.7 Å². The molecule has 0 atom stereocenters. The molecule has 7 aromatic rings. The Hall–Kier alpha value is -4.89. The van der Waals surface area contributed by atoms with Gasteiger partial charge in [0.15, 0.2) is 5.58 Å². The zero-order valence-corrected chi connectivity index (χ0v) is 23.1. The van der Waals surface area contributed by atoms with Crippen molar-refractivity contribution in [1.82, 2.24) is 20.1 Å². The van der Waals surface area contributed by atoms with Crippen LogP contribution in [0.5, 0.6) is 0 Å². The largest absolute Gasteiger partial charge is 0.436 e. The number of hydrogen-bond acceptors (Lipinski definition) is 7.